The number of anilines is 1. The topological polar surface area (TPSA) is 24.9 Å². The summed E-state index contributed by atoms with van der Waals surface area (Å²) in [5.41, 5.74) is 3.96. The van der Waals surface area contributed by atoms with E-state index in [0.717, 1.165) is 18.2 Å². The molecule has 1 aliphatic carbocycles. The summed E-state index contributed by atoms with van der Waals surface area (Å²) in [6.07, 6.45) is 6.48. The van der Waals surface area contributed by atoms with Crippen LogP contribution < -0.4 is 5.32 Å². The fraction of sp³-hybridized carbons (Fsp3) is 0.211. The van der Waals surface area contributed by atoms with Crippen molar-refractivity contribution in [1.29, 1.82) is 0 Å². The van der Waals surface area contributed by atoms with Crippen LogP contribution in [0, 0.1) is 0 Å². The highest BCUT2D eigenvalue weighted by atomic mass is 14.9. The first-order valence-corrected chi connectivity index (χ1v) is 7.55. The summed E-state index contributed by atoms with van der Waals surface area (Å²) in [6.45, 7) is 0.846. The Bertz CT molecular complexity index is 753. The maximum absolute atomic E-state index is 4.23. The van der Waals surface area contributed by atoms with Gasteiger partial charge in [-0.15, -0.1) is 0 Å². The molecule has 4 rings (SSSR count). The van der Waals surface area contributed by atoms with Crippen LogP contribution in [0.15, 0.2) is 60.9 Å². The largest absolute Gasteiger partial charge is 0.380 e. The fourth-order valence-electron chi connectivity index (χ4n) is 2.79. The first-order chi connectivity index (χ1) is 10.4. The number of nitrogens with zero attached hydrogens (tertiary/aromatic N) is 1. The number of rotatable bonds is 4. The molecule has 1 fully saturated rings. The lowest BCUT2D eigenvalue weighted by atomic mass is 10.1. The van der Waals surface area contributed by atoms with Gasteiger partial charge in [0.05, 0.1) is 0 Å². The Morgan fingerprint density at radius 3 is 2.67 bits per heavy atom. The van der Waals surface area contributed by atoms with E-state index in [0.29, 0.717) is 0 Å². The molecule has 104 valence electrons. The van der Waals surface area contributed by atoms with Crippen molar-refractivity contribution in [3.05, 3.63) is 72.1 Å². The van der Waals surface area contributed by atoms with Crippen molar-refractivity contribution < 1.29 is 0 Å². The summed E-state index contributed by atoms with van der Waals surface area (Å²) in [4.78, 5) is 4.23. The number of benzene rings is 2. The summed E-state index contributed by atoms with van der Waals surface area (Å²) < 4.78 is 0. The number of hydrogen-bond donors (Lipinski definition) is 1. The van der Waals surface area contributed by atoms with Crippen LogP contribution in [-0.2, 0) is 6.54 Å². The van der Waals surface area contributed by atoms with Gasteiger partial charge in [-0.05, 0) is 47.4 Å². The van der Waals surface area contributed by atoms with Gasteiger partial charge in [0.1, 0.15) is 0 Å². The van der Waals surface area contributed by atoms with Gasteiger partial charge in [-0.1, -0.05) is 36.4 Å². The molecule has 0 aliphatic heterocycles. The predicted molar refractivity (Wildman–Crippen MR) is 87.5 cm³/mol. The molecule has 0 radical (unpaired) electrons. The lowest BCUT2D eigenvalue weighted by Crippen LogP contribution is -2.00. The molecular weight excluding hydrogens is 256 g/mol. The summed E-state index contributed by atoms with van der Waals surface area (Å²) in [5.74, 6) is 0.830. The molecule has 1 heterocycles. The summed E-state index contributed by atoms with van der Waals surface area (Å²) >= 11 is 0. The van der Waals surface area contributed by atoms with Gasteiger partial charge in [0, 0.05) is 30.0 Å². The van der Waals surface area contributed by atoms with E-state index in [2.05, 4.69) is 52.8 Å². The Balaban J connectivity index is 1.52. The number of hydrogen-bond acceptors (Lipinski definition) is 2. The van der Waals surface area contributed by atoms with Gasteiger partial charge in [0.25, 0.3) is 0 Å². The first kappa shape index (κ1) is 12.4. The number of aromatic nitrogens is 1. The molecule has 0 spiro atoms. The van der Waals surface area contributed by atoms with Crippen LogP contribution in [0.1, 0.15) is 29.9 Å². The van der Waals surface area contributed by atoms with E-state index in [-0.39, 0.29) is 0 Å². The van der Waals surface area contributed by atoms with Gasteiger partial charge < -0.3 is 5.32 Å². The zero-order valence-electron chi connectivity index (χ0n) is 11.9. The normalized spacial score (nSPS) is 14.3. The quantitative estimate of drug-likeness (QED) is 0.744. The van der Waals surface area contributed by atoms with Gasteiger partial charge >= 0.3 is 0 Å². The molecule has 3 aromatic rings. The Hall–Kier alpha value is -2.35. The van der Waals surface area contributed by atoms with Gasteiger partial charge in [-0.3, -0.25) is 4.98 Å². The van der Waals surface area contributed by atoms with Gasteiger partial charge in [-0.2, -0.15) is 0 Å². The second kappa shape index (κ2) is 5.21. The third-order valence-electron chi connectivity index (χ3n) is 4.20. The number of nitrogens with one attached hydrogen (secondary N) is 1. The Kier molecular flexibility index (Phi) is 3.07. The van der Waals surface area contributed by atoms with E-state index >= 15 is 0 Å². The number of fused-ring (bicyclic) bond motifs is 1. The van der Waals surface area contributed by atoms with Crippen molar-refractivity contribution in [1.82, 2.24) is 4.98 Å². The van der Waals surface area contributed by atoms with Crippen molar-refractivity contribution in [3.63, 3.8) is 0 Å². The molecule has 0 amide bonds. The predicted octanol–water partition coefficient (Wildman–Crippen LogP) is 4.72. The minimum absolute atomic E-state index is 0.830. The summed E-state index contributed by atoms with van der Waals surface area (Å²) in [5, 5.41) is 5.93. The highest BCUT2D eigenvalue weighted by molar-refractivity contribution is 5.93. The molecule has 21 heavy (non-hydrogen) atoms. The fourth-order valence-corrected chi connectivity index (χ4v) is 2.79. The minimum atomic E-state index is 0.830. The third kappa shape index (κ3) is 2.62. The molecule has 2 aromatic carbocycles. The third-order valence-corrected chi connectivity index (χ3v) is 4.20. The van der Waals surface area contributed by atoms with Crippen molar-refractivity contribution in [2.75, 3.05) is 5.32 Å². The molecule has 2 nitrogen and oxygen atoms in total. The van der Waals surface area contributed by atoms with E-state index in [9.17, 15) is 0 Å². The van der Waals surface area contributed by atoms with E-state index in [1.807, 2.05) is 18.5 Å². The standard InChI is InChI=1S/C19H18N2/c1-2-17-10-11-20-13-18(17)19(3-1)21-12-14-4-6-15(7-5-14)16-8-9-16/h1-7,10-11,13,16,21H,8-9,12H2. The Morgan fingerprint density at radius 2 is 1.86 bits per heavy atom. The molecular formula is C19H18N2. The molecule has 1 aromatic heterocycles. The zero-order chi connectivity index (χ0) is 14.1. The highest BCUT2D eigenvalue weighted by Gasteiger charge is 2.22. The van der Waals surface area contributed by atoms with E-state index in [1.54, 1.807) is 0 Å². The average Bonchev–Trinajstić information content (AvgIpc) is 3.38. The van der Waals surface area contributed by atoms with Crippen LogP contribution in [-0.4, -0.2) is 4.98 Å². The lowest BCUT2D eigenvalue weighted by Gasteiger charge is -2.10. The highest BCUT2D eigenvalue weighted by Crippen LogP contribution is 2.39. The van der Waals surface area contributed by atoms with Crippen LogP contribution in [0.3, 0.4) is 0 Å². The van der Waals surface area contributed by atoms with Gasteiger partial charge in [0.2, 0.25) is 0 Å². The second-order valence-corrected chi connectivity index (χ2v) is 5.77. The Labute approximate surface area is 124 Å². The van der Waals surface area contributed by atoms with Crippen molar-refractivity contribution >= 4 is 16.5 Å². The van der Waals surface area contributed by atoms with Crippen LogP contribution >= 0.6 is 0 Å². The number of pyridine rings is 1. The molecule has 2 heteroatoms. The molecule has 0 unspecified atom stereocenters. The zero-order valence-corrected chi connectivity index (χ0v) is 11.9. The molecule has 1 saturated carbocycles. The molecule has 1 N–H and O–H groups in total. The van der Waals surface area contributed by atoms with E-state index < -0.39 is 0 Å². The minimum Gasteiger partial charge on any atom is -0.380 e. The lowest BCUT2D eigenvalue weighted by molar-refractivity contribution is 1.10. The SMILES string of the molecule is c1cc(NCc2ccc(C3CC3)cc2)c2cnccc2c1. The van der Waals surface area contributed by atoms with Crippen LogP contribution in [0.2, 0.25) is 0 Å². The monoisotopic (exact) mass is 274 g/mol. The van der Waals surface area contributed by atoms with Gasteiger partial charge in [-0.25, -0.2) is 0 Å². The van der Waals surface area contributed by atoms with Crippen LogP contribution in [0.25, 0.3) is 10.8 Å². The maximum Gasteiger partial charge on any atom is 0.0438 e. The van der Waals surface area contributed by atoms with Crippen molar-refractivity contribution in [2.24, 2.45) is 0 Å². The average molecular weight is 274 g/mol. The summed E-state index contributed by atoms with van der Waals surface area (Å²) in [7, 11) is 0. The first-order valence-electron chi connectivity index (χ1n) is 7.55. The van der Waals surface area contributed by atoms with Gasteiger partial charge in [0.15, 0.2) is 0 Å². The molecule has 0 atom stereocenters. The smallest absolute Gasteiger partial charge is 0.0438 e. The maximum atomic E-state index is 4.23. The van der Waals surface area contributed by atoms with Crippen LogP contribution in [0.5, 0.6) is 0 Å². The second-order valence-electron chi connectivity index (χ2n) is 5.77. The summed E-state index contributed by atoms with van der Waals surface area (Å²) in [6, 6.07) is 17.4. The Morgan fingerprint density at radius 1 is 1.00 bits per heavy atom. The molecule has 0 saturated heterocycles. The molecule has 1 aliphatic rings. The van der Waals surface area contributed by atoms with E-state index in [1.165, 1.54) is 34.7 Å². The van der Waals surface area contributed by atoms with Crippen molar-refractivity contribution in [3.8, 4) is 0 Å². The molecule has 0 bridgehead atoms. The van der Waals surface area contributed by atoms with Crippen LogP contribution in [0.4, 0.5) is 5.69 Å². The van der Waals surface area contributed by atoms with Crippen molar-refractivity contribution in [2.45, 2.75) is 25.3 Å². The van der Waals surface area contributed by atoms with E-state index in [4.69, 9.17) is 0 Å².